The Balaban J connectivity index is 2.97. The topological polar surface area (TPSA) is 94.1 Å². The lowest BCUT2D eigenvalue weighted by molar-refractivity contribution is -0.384. The molecule has 0 aliphatic heterocycles. The van der Waals surface area contributed by atoms with Gasteiger partial charge in [0.15, 0.2) is 0 Å². The van der Waals surface area contributed by atoms with Gasteiger partial charge in [-0.05, 0) is 26.8 Å². The predicted octanol–water partition coefficient (Wildman–Crippen LogP) is 1.78. The average molecular weight is 210 g/mol. The molecule has 1 rings (SSSR count). The van der Waals surface area contributed by atoms with Gasteiger partial charge in [-0.3, -0.25) is 10.1 Å². The van der Waals surface area contributed by atoms with Crippen LogP contribution in [0.3, 0.4) is 0 Å². The van der Waals surface area contributed by atoms with Crippen LogP contribution in [0.1, 0.15) is 20.8 Å². The Morgan fingerprint density at radius 3 is 2.47 bits per heavy atom. The van der Waals surface area contributed by atoms with Gasteiger partial charge < -0.3 is 11.1 Å². The molecule has 6 heteroatoms. The Morgan fingerprint density at radius 2 is 2.07 bits per heavy atom. The second-order valence-corrected chi connectivity index (χ2v) is 4.23. The predicted molar refractivity (Wildman–Crippen MR) is 58.7 cm³/mol. The molecule has 0 saturated carbocycles. The zero-order valence-corrected chi connectivity index (χ0v) is 8.94. The molecule has 0 radical (unpaired) electrons. The van der Waals surface area contributed by atoms with Crippen LogP contribution in [0.5, 0.6) is 0 Å². The molecule has 0 atom stereocenters. The van der Waals surface area contributed by atoms with Gasteiger partial charge in [-0.1, -0.05) is 0 Å². The van der Waals surface area contributed by atoms with E-state index in [1.165, 1.54) is 6.07 Å². The molecule has 1 heterocycles. The van der Waals surface area contributed by atoms with E-state index >= 15 is 0 Å². The van der Waals surface area contributed by atoms with Gasteiger partial charge in [0.25, 0.3) is 0 Å². The fourth-order valence-electron chi connectivity index (χ4n) is 1.08. The molecular formula is C9H14N4O2. The largest absolute Gasteiger partial charge is 0.378 e. The molecule has 0 aliphatic rings. The third-order valence-corrected chi connectivity index (χ3v) is 1.60. The van der Waals surface area contributed by atoms with E-state index in [9.17, 15) is 10.1 Å². The van der Waals surface area contributed by atoms with E-state index in [0.29, 0.717) is 5.82 Å². The van der Waals surface area contributed by atoms with Gasteiger partial charge in [0.05, 0.1) is 4.92 Å². The number of nitrogens with two attached hydrogens (primary N) is 1. The molecule has 1 aromatic rings. The summed E-state index contributed by atoms with van der Waals surface area (Å²) in [6.07, 6.45) is 0. The van der Waals surface area contributed by atoms with Crippen molar-refractivity contribution in [2.24, 2.45) is 0 Å². The number of anilines is 2. The minimum atomic E-state index is -0.552. The van der Waals surface area contributed by atoms with Crippen molar-refractivity contribution in [2.75, 3.05) is 11.1 Å². The van der Waals surface area contributed by atoms with E-state index < -0.39 is 4.92 Å². The fourth-order valence-corrected chi connectivity index (χ4v) is 1.08. The van der Waals surface area contributed by atoms with Crippen molar-refractivity contribution in [1.29, 1.82) is 0 Å². The van der Waals surface area contributed by atoms with Crippen molar-refractivity contribution < 1.29 is 4.92 Å². The number of aromatic nitrogens is 1. The Kier molecular flexibility index (Phi) is 2.78. The van der Waals surface area contributed by atoms with Crippen molar-refractivity contribution in [3.8, 4) is 0 Å². The number of nitrogens with zero attached hydrogens (tertiary/aromatic N) is 2. The fraction of sp³-hybridized carbons (Fsp3) is 0.444. The molecule has 0 aromatic carbocycles. The van der Waals surface area contributed by atoms with Gasteiger partial charge in [-0.2, -0.15) is 0 Å². The highest BCUT2D eigenvalue weighted by Crippen LogP contribution is 2.22. The lowest BCUT2D eigenvalue weighted by atomic mass is 10.1. The highest BCUT2D eigenvalue weighted by molar-refractivity contribution is 5.57. The molecular weight excluding hydrogens is 196 g/mol. The maximum absolute atomic E-state index is 10.5. The van der Waals surface area contributed by atoms with Crippen LogP contribution in [0.25, 0.3) is 0 Å². The minimum Gasteiger partial charge on any atom is -0.378 e. The van der Waals surface area contributed by atoms with E-state index in [1.54, 1.807) is 6.07 Å². The summed E-state index contributed by atoms with van der Waals surface area (Å²) in [7, 11) is 0. The van der Waals surface area contributed by atoms with E-state index in [0.717, 1.165) is 0 Å². The Bertz CT molecular complexity index is 384. The zero-order valence-electron chi connectivity index (χ0n) is 8.94. The molecule has 0 spiro atoms. The van der Waals surface area contributed by atoms with Gasteiger partial charge in [0.1, 0.15) is 5.82 Å². The third kappa shape index (κ3) is 3.08. The summed E-state index contributed by atoms with van der Waals surface area (Å²) in [6.45, 7) is 5.89. The molecule has 0 aliphatic carbocycles. The first-order valence-corrected chi connectivity index (χ1v) is 4.49. The zero-order chi connectivity index (χ0) is 11.6. The monoisotopic (exact) mass is 210 g/mol. The number of hydrogen-bond donors (Lipinski definition) is 2. The minimum absolute atomic E-state index is 0.0748. The summed E-state index contributed by atoms with van der Waals surface area (Å²) >= 11 is 0. The number of nitrogen functional groups attached to an aromatic ring is 1. The smallest absolute Gasteiger partial charge is 0.311 e. The summed E-state index contributed by atoms with van der Waals surface area (Å²) < 4.78 is 0. The number of rotatable bonds is 2. The first-order chi connectivity index (χ1) is 6.79. The van der Waals surface area contributed by atoms with E-state index in [1.807, 2.05) is 20.8 Å². The number of nitro groups is 1. The van der Waals surface area contributed by atoms with Crippen LogP contribution >= 0.6 is 0 Å². The molecule has 0 fully saturated rings. The second kappa shape index (κ2) is 3.72. The van der Waals surface area contributed by atoms with Crippen molar-refractivity contribution in [1.82, 2.24) is 4.98 Å². The highest BCUT2D eigenvalue weighted by Gasteiger charge is 2.15. The van der Waals surface area contributed by atoms with Gasteiger partial charge in [-0.25, -0.2) is 4.98 Å². The molecule has 82 valence electrons. The molecule has 1 aromatic heterocycles. The first-order valence-electron chi connectivity index (χ1n) is 4.49. The number of hydrogen-bond acceptors (Lipinski definition) is 5. The summed E-state index contributed by atoms with van der Waals surface area (Å²) in [4.78, 5) is 13.8. The summed E-state index contributed by atoms with van der Waals surface area (Å²) in [5, 5.41) is 13.6. The molecule has 6 nitrogen and oxygen atoms in total. The van der Waals surface area contributed by atoms with Crippen molar-refractivity contribution in [3.05, 3.63) is 22.2 Å². The van der Waals surface area contributed by atoms with Crippen LogP contribution in [-0.2, 0) is 0 Å². The van der Waals surface area contributed by atoms with Crippen molar-refractivity contribution in [3.63, 3.8) is 0 Å². The van der Waals surface area contributed by atoms with E-state index in [4.69, 9.17) is 5.73 Å². The number of pyridine rings is 1. The van der Waals surface area contributed by atoms with Gasteiger partial charge >= 0.3 is 5.69 Å². The Labute approximate surface area is 87.7 Å². The number of nitrogens with one attached hydrogen (secondary N) is 1. The lowest BCUT2D eigenvalue weighted by Crippen LogP contribution is -2.26. The van der Waals surface area contributed by atoms with Crippen LogP contribution in [0, 0.1) is 10.1 Å². The van der Waals surface area contributed by atoms with E-state index in [2.05, 4.69) is 10.3 Å². The van der Waals surface area contributed by atoms with Gasteiger partial charge in [-0.15, -0.1) is 0 Å². The van der Waals surface area contributed by atoms with Crippen molar-refractivity contribution in [2.45, 2.75) is 26.3 Å². The third-order valence-electron chi connectivity index (χ3n) is 1.60. The molecule has 3 N–H and O–H groups in total. The normalized spacial score (nSPS) is 11.1. The van der Waals surface area contributed by atoms with Gasteiger partial charge in [0.2, 0.25) is 5.82 Å². The van der Waals surface area contributed by atoms with Crippen molar-refractivity contribution >= 4 is 17.3 Å². The van der Waals surface area contributed by atoms with E-state index in [-0.39, 0.29) is 17.0 Å². The van der Waals surface area contributed by atoms with Crippen LogP contribution in [0.15, 0.2) is 12.1 Å². The Hall–Kier alpha value is -1.85. The summed E-state index contributed by atoms with van der Waals surface area (Å²) in [5.41, 5.74) is 5.12. The second-order valence-electron chi connectivity index (χ2n) is 4.23. The highest BCUT2D eigenvalue weighted by atomic mass is 16.6. The quantitative estimate of drug-likeness (QED) is 0.573. The molecule has 0 saturated heterocycles. The van der Waals surface area contributed by atoms with Crippen LogP contribution in [0.4, 0.5) is 17.3 Å². The van der Waals surface area contributed by atoms with Crippen LogP contribution in [0.2, 0.25) is 0 Å². The summed E-state index contributed by atoms with van der Waals surface area (Å²) in [5.74, 6) is 0.458. The molecule has 0 amide bonds. The van der Waals surface area contributed by atoms with Gasteiger partial charge in [0, 0.05) is 11.6 Å². The SMILES string of the molecule is CC(C)(C)Nc1ccc([N+](=O)[O-])c(N)n1. The first kappa shape index (κ1) is 11.2. The Morgan fingerprint density at radius 1 is 1.47 bits per heavy atom. The molecule has 0 unspecified atom stereocenters. The average Bonchev–Trinajstić information content (AvgIpc) is 1.99. The lowest BCUT2D eigenvalue weighted by Gasteiger charge is -2.21. The molecule has 0 bridgehead atoms. The van der Waals surface area contributed by atoms with Crippen LogP contribution in [-0.4, -0.2) is 15.4 Å². The standard InChI is InChI=1S/C9H14N4O2/c1-9(2,3)12-7-5-4-6(13(14)15)8(10)11-7/h4-5H,1-3H3,(H3,10,11,12). The summed E-state index contributed by atoms with van der Waals surface area (Å²) in [6, 6.07) is 2.89. The maximum atomic E-state index is 10.5. The molecule has 15 heavy (non-hydrogen) atoms. The van der Waals surface area contributed by atoms with Crippen LogP contribution < -0.4 is 11.1 Å². The maximum Gasteiger partial charge on any atom is 0.311 e.